The molecule has 1 unspecified atom stereocenters. The van der Waals surface area contributed by atoms with Crippen LogP contribution >= 0.6 is 22.7 Å². The van der Waals surface area contributed by atoms with E-state index in [4.69, 9.17) is 0 Å². The largest absolute Gasteiger partial charge is 0.363 e. The van der Waals surface area contributed by atoms with E-state index in [9.17, 15) is 4.79 Å². The summed E-state index contributed by atoms with van der Waals surface area (Å²) in [6.07, 6.45) is 1.77. The van der Waals surface area contributed by atoms with E-state index in [2.05, 4.69) is 25.8 Å². The van der Waals surface area contributed by atoms with Crippen molar-refractivity contribution in [3.05, 3.63) is 21.6 Å². The van der Waals surface area contributed by atoms with Crippen molar-refractivity contribution in [2.45, 2.75) is 12.8 Å². The first-order valence-electron chi connectivity index (χ1n) is 5.39. The van der Waals surface area contributed by atoms with Gasteiger partial charge in [-0.3, -0.25) is 4.79 Å². The predicted molar refractivity (Wildman–Crippen MR) is 72.3 cm³/mol. The molecule has 6 nitrogen and oxygen atoms in total. The Morgan fingerprint density at radius 1 is 1.50 bits per heavy atom. The van der Waals surface area contributed by atoms with E-state index in [1.54, 1.807) is 24.6 Å². The van der Waals surface area contributed by atoms with E-state index >= 15 is 0 Å². The molecule has 0 spiro atoms. The van der Waals surface area contributed by atoms with Gasteiger partial charge in [0.25, 0.3) is 5.91 Å². The maximum atomic E-state index is 11.8. The molecule has 0 radical (unpaired) electrons. The summed E-state index contributed by atoms with van der Waals surface area (Å²) in [5.74, 6) is 0.00282. The average Bonchev–Trinajstić information content (AvgIpc) is 3.05. The molecule has 2 heterocycles. The molecule has 0 aromatic carbocycles. The fourth-order valence-corrected chi connectivity index (χ4v) is 2.61. The first-order valence-corrected chi connectivity index (χ1v) is 7.09. The third-order valence-corrected chi connectivity index (χ3v) is 4.22. The van der Waals surface area contributed by atoms with E-state index in [1.807, 2.05) is 12.3 Å². The number of hydrogen-bond acceptors (Lipinski definition) is 7. The summed E-state index contributed by atoms with van der Waals surface area (Å²) in [5, 5.41) is 17.3. The summed E-state index contributed by atoms with van der Waals surface area (Å²) in [6.45, 7) is 2.57. The number of anilines is 1. The van der Waals surface area contributed by atoms with Crippen molar-refractivity contribution >= 4 is 33.7 Å². The van der Waals surface area contributed by atoms with Gasteiger partial charge >= 0.3 is 0 Å². The Morgan fingerprint density at radius 3 is 2.94 bits per heavy atom. The lowest BCUT2D eigenvalue weighted by atomic mass is 10.2. The van der Waals surface area contributed by atoms with E-state index in [0.717, 1.165) is 5.01 Å². The van der Waals surface area contributed by atoms with Crippen LogP contribution in [0.15, 0.2) is 11.6 Å². The van der Waals surface area contributed by atoms with Crippen LogP contribution in [0.2, 0.25) is 0 Å². The molecule has 18 heavy (non-hydrogen) atoms. The van der Waals surface area contributed by atoms with E-state index in [0.29, 0.717) is 16.7 Å². The van der Waals surface area contributed by atoms with Crippen LogP contribution in [0.25, 0.3) is 0 Å². The Kier molecular flexibility index (Phi) is 4.21. The Hall–Kier alpha value is -1.54. The quantitative estimate of drug-likeness (QED) is 0.870. The Bertz CT molecular complexity index is 510. The summed E-state index contributed by atoms with van der Waals surface area (Å²) in [6, 6.07) is 0. The van der Waals surface area contributed by atoms with Crippen LogP contribution in [0.1, 0.15) is 27.7 Å². The monoisotopic (exact) mass is 283 g/mol. The topological polar surface area (TPSA) is 79.8 Å². The zero-order valence-corrected chi connectivity index (χ0v) is 11.6. The number of nitrogens with one attached hydrogen (secondary N) is 2. The lowest BCUT2D eigenvalue weighted by molar-refractivity contribution is 0.0950. The van der Waals surface area contributed by atoms with Crippen molar-refractivity contribution < 1.29 is 4.79 Å². The molecule has 0 aliphatic carbocycles. The molecule has 96 valence electrons. The van der Waals surface area contributed by atoms with Crippen LogP contribution in [-0.2, 0) is 0 Å². The second-order valence-electron chi connectivity index (χ2n) is 3.64. The van der Waals surface area contributed by atoms with E-state index < -0.39 is 0 Å². The molecule has 2 rings (SSSR count). The number of aromatic nitrogens is 3. The summed E-state index contributed by atoms with van der Waals surface area (Å²) >= 11 is 2.82. The number of rotatable bonds is 5. The lowest BCUT2D eigenvalue weighted by Gasteiger charge is -2.08. The SMILES string of the molecule is CNc1nnc(C(=O)NCC(C)c2nccs2)s1. The third-order valence-electron chi connectivity index (χ3n) is 2.27. The van der Waals surface area contributed by atoms with E-state index in [1.165, 1.54) is 11.3 Å². The molecular weight excluding hydrogens is 270 g/mol. The van der Waals surface area contributed by atoms with Crippen LogP contribution in [0.5, 0.6) is 0 Å². The first-order chi connectivity index (χ1) is 8.70. The number of carbonyl (C=O) groups is 1. The molecule has 0 fully saturated rings. The van der Waals surface area contributed by atoms with Crippen molar-refractivity contribution in [3.8, 4) is 0 Å². The van der Waals surface area contributed by atoms with Gasteiger partial charge in [-0.2, -0.15) is 0 Å². The van der Waals surface area contributed by atoms with Crippen LogP contribution in [-0.4, -0.2) is 34.7 Å². The minimum atomic E-state index is -0.197. The maximum absolute atomic E-state index is 11.8. The summed E-state index contributed by atoms with van der Waals surface area (Å²) in [7, 11) is 1.74. The van der Waals surface area contributed by atoms with Gasteiger partial charge in [0.05, 0.1) is 5.01 Å². The van der Waals surface area contributed by atoms with Crippen molar-refractivity contribution in [1.82, 2.24) is 20.5 Å². The molecule has 1 atom stereocenters. The standard InChI is InChI=1S/C10H13N5OS2/c1-6(8-12-3-4-17-8)5-13-7(16)9-14-15-10(11-2)18-9/h3-4,6H,5H2,1-2H3,(H,11,15)(H,13,16). The fourth-order valence-electron chi connectivity index (χ4n) is 1.30. The summed E-state index contributed by atoms with van der Waals surface area (Å²) in [5.41, 5.74) is 0. The second kappa shape index (κ2) is 5.87. The second-order valence-corrected chi connectivity index (χ2v) is 5.55. The molecule has 8 heteroatoms. The highest BCUT2D eigenvalue weighted by atomic mass is 32.1. The minimum absolute atomic E-state index is 0.197. The normalized spacial score (nSPS) is 12.1. The fraction of sp³-hybridized carbons (Fsp3) is 0.400. The van der Waals surface area contributed by atoms with Gasteiger partial charge in [0.1, 0.15) is 0 Å². The maximum Gasteiger partial charge on any atom is 0.282 e. The molecule has 2 N–H and O–H groups in total. The highest BCUT2D eigenvalue weighted by molar-refractivity contribution is 7.17. The number of amides is 1. The molecule has 0 aliphatic rings. The minimum Gasteiger partial charge on any atom is -0.363 e. The average molecular weight is 283 g/mol. The summed E-state index contributed by atoms with van der Waals surface area (Å²) < 4.78 is 0. The molecule has 0 bridgehead atoms. The van der Waals surface area contributed by atoms with Crippen molar-refractivity contribution in [2.24, 2.45) is 0 Å². The molecule has 0 saturated carbocycles. The van der Waals surface area contributed by atoms with Gasteiger partial charge in [-0.05, 0) is 0 Å². The van der Waals surface area contributed by atoms with Gasteiger partial charge in [-0.25, -0.2) is 4.98 Å². The van der Waals surface area contributed by atoms with Crippen molar-refractivity contribution in [2.75, 3.05) is 18.9 Å². The van der Waals surface area contributed by atoms with Crippen molar-refractivity contribution in [1.29, 1.82) is 0 Å². The number of carbonyl (C=O) groups excluding carboxylic acids is 1. The Labute approximate surface area is 112 Å². The molecule has 1 amide bonds. The number of thiazole rings is 1. The van der Waals surface area contributed by atoms with Gasteiger partial charge in [-0.15, -0.1) is 21.5 Å². The van der Waals surface area contributed by atoms with Crippen LogP contribution in [0.4, 0.5) is 5.13 Å². The predicted octanol–water partition coefficient (Wildman–Crippen LogP) is 1.57. The zero-order valence-electron chi connectivity index (χ0n) is 10.0. The van der Waals surface area contributed by atoms with Gasteiger partial charge in [0.2, 0.25) is 10.1 Å². The summed E-state index contributed by atoms with van der Waals surface area (Å²) in [4.78, 5) is 16.0. The highest BCUT2D eigenvalue weighted by Gasteiger charge is 2.14. The Balaban J connectivity index is 1.88. The molecule has 0 aliphatic heterocycles. The molecule has 2 aromatic heterocycles. The molecule has 2 aromatic rings. The Morgan fingerprint density at radius 2 is 2.33 bits per heavy atom. The van der Waals surface area contributed by atoms with Gasteiger partial charge in [0, 0.05) is 31.1 Å². The van der Waals surface area contributed by atoms with Gasteiger partial charge in [-0.1, -0.05) is 18.3 Å². The van der Waals surface area contributed by atoms with Gasteiger partial charge in [0.15, 0.2) is 0 Å². The van der Waals surface area contributed by atoms with Gasteiger partial charge < -0.3 is 10.6 Å². The molecule has 0 saturated heterocycles. The highest BCUT2D eigenvalue weighted by Crippen LogP contribution is 2.17. The van der Waals surface area contributed by atoms with Crippen LogP contribution < -0.4 is 10.6 Å². The number of nitrogens with zero attached hydrogens (tertiary/aromatic N) is 3. The third kappa shape index (κ3) is 3.02. The van der Waals surface area contributed by atoms with Crippen LogP contribution in [0.3, 0.4) is 0 Å². The zero-order chi connectivity index (χ0) is 13.0. The van der Waals surface area contributed by atoms with E-state index in [-0.39, 0.29) is 11.8 Å². The van der Waals surface area contributed by atoms with Crippen LogP contribution in [0, 0.1) is 0 Å². The first kappa shape index (κ1) is 12.9. The van der Waals surface area contributed by atoms with Crippen molar-refractivity contribution in [3.63, 3.8) is 0 Å². The lowest BCUT2D eigenvalue weighted by Crippen LogP contribution is -2.27. The molecular formula is C10H13N5OS2. The smallest absolute Gasteiger partial charge is 0.282 e. The number of hydrogen-bond donors (Lipinski definition) is 2.